The first-order valence-corrected chi connectivity index (χ1v) is 7.97. The molecule has 2 aromatic carbocycles. The fourth-order valence-corrected chi connectivity index (χ4v) is 3.39. The van der Waals surface area contributed by atoms with Crippen molar-refractivity contribution in [3.8, 4) is 5.69 Å². The van der Waals surface area contributed by atoms with Gasteiger partial charge in [-0.15, -0.1) is 21.5 Å². The van der Waals surface area contributed by atoms with E-state index in [9.17, 15) is 0 Å². The van der Waals surface area contributed by atoms with E-state index in [4.69, 9.17) is 0 Å². The van der Waals surface area contributed by atoms with Gasteiger partial charge < -0.3 is 0 Å². The Morgan fingerprint density at radius 3 is 2.82 bits per heavy atom. The van der Waals surface area contributed by atoms with Crippen molar-refractivity contribution in [1.82, 2.24) is 19.7 Å². The van der Waals surface area contributed by atoms with E-state index in [0.717, 1.165) is 22.2 Å². The zero-order valence-electron chi connectivity index (χ0n) is 12.1. The van der Waals surface area contributed by atoms with E-state index in [1.165, 1.54) is 10.8 Å². The lowest BCUT2D eigenvalue weighted by Crippen LogP contribution is -2.02. The van der Waals surface area contributed by atoms with Gasteiger partial charge in [0.05, 0.1) is 12.1 Å². The van der Waals surface area contributed by atoms with Crippen LogP contribution in [0.2, 0.25) is 0 Å². The molecule has 0 atom stereocenters. The number of aromatic nitrogens is 4. The van der Waals surface area contributed by atoms with Gasteiger partial charge in [-0.3, -0.25) is 4.57 Å². The Morgan fingerprint density at radius 2 is 1.95 bits per heavy atom. The van der Waals surface area contributed by atoms with Gasteiger partial charge in [-0.2, -0.15) is 0 Å². The van der Waals surface area contributed by atoms with E-state index < -0.39 is 0 Å². The molecule has 0 amide bonds. The highest BCUT2D eigenvalue weighted by molar-refractivity contribution is 7.09. The second-order valence-electron chi connectivity index (χ2n) is 5.17. The van der Waals surface area contributed by atoms with Gasteiger partial charge >= 0.3 is 0 Å². The molecule has 2 aromatic heterocycles. The summed E-state index contributed by atoms with van der Waals surface area (Å²) in [6, 6.07) is 14.6. The first kappa shape index (κ1) is 13.2. The first-order chi connectivity index (χ1) is 10.8. The Hall–Kier alpha value is -2.53. The van der Waals surface area contributed by atoms with Gasteiger partial charge in [-0.05, 0) is 18.4 Å². The summed E-state index contributed by atoms with van der Waals surface area (Å²) >= 11 is 1.66. The number of rotatable bonds is 3. The topological polar surface area (TPSA) is 43.6 Å². The zero-order chi connectivity index (χ0) is 14.9. The number of aryl methyl sites for hydroxylation is 1. The van der Waals surface area contributed by atoms with Crippen LogP contribution in [0.1, 0.15) is 16.5 Å². The van der Waals surface area contributed by atoms with Gasteiger partial charge in [0.1, 0.15) is 17.2 Å². The smallest absolute Gasteiger partial charge is 0.144 e. The van der Waals surface area contributed by atoms with Crippen LogP contribution >= 0.6 is 11.3 Å². The highest BCUT2D eigenvalue weighted by atomic mass is 32.1. The average Bonchev–Trinajstić information content (AvgIpc) is 3.16. The average molecular weight is 306 g/mol. The van der Waals surface area contributed by atoms with Crippen LogP contribution in [0.5, 0.6) is 0 Å². The van der Waals surface area contributed by atoms with Crippen LogP contribution in [0.15, 0.2) is 54.2 Å². The molecule has 5 heteroatoms. The Labute approximate surface area is 132 Å². The predicted molar refractivity (Wildman–Crippen MR) is 88.5 cm³/mol. The minimum Gasteiger partial charge on any atom is -0.285 e. The van der Waals surface area contributed by atoms with Gasteiger partial charge in [0.2, 0.25) is 0 Å². The van der Waals surface area contributed by atoms with Crippen LogP contribution in [0, 0.1) is 6.92 Å². The second kappa shape index (κ2) is 5.35. The quantitative estimate of drug-likeness (QED) is 0.578. The SMILES string of the molecule is Cc1csc(Cc2nncn2-c2cccc3ccccc23)n1. The molecular formula is C17H14N4S. The van der Waals surface area contributed by atoms with Crippen LogP contribution in [-0.2, 0) is 6.42 Å². The predicted octanol–water partition coefficient (Wildman–Crippen LogP) is 3.78. The molecule has 0 spiro atoms. The second-order valence-corrected chi connectivity index (χ2v) is 6.12. The molecule has 0 N–H and O–H groups in total. The summed E-state index contributed by atoms with van der Waals surface area (Å²) in [5.74, 6) is 0.908. The summed E-state index contributed by atoms with van der Waals surface area (Å²) in [7, 11) is 0. The number of benzene rings is 2. The lowest BCUT2D eigenvalue weighted by molar-refractivity contribution is 0.900. The summed E-state index contributed by atoms with van der Waals surface area (Å²) in [6.45, 7) is 2.01. The molecule has 0 aliphatic heterocycles. The van der Waals surface area contributed by atoms with E-state index in [1.807, 2.05) is 6.92 Å². The monoisotopic (exact) mass is 306 g/mol. The maximum absolute atomic E-state index is 4.52. The molecule has 0 aliphatic carbocycles. The van der Waals surface area contributed by atoms with Crippen LogP contribution in [-0.4, -0.2) is 19.7 Å². The summed E-state index contributed by atoms with van der Waals surface area (Å²) in [5.41, 5.74) is 2.16. The Kier molecular flexibility index (Phi) is 3.20. The van der Waals surface area contributed by atoms with Gasteiger partial charge in [-0.1, -0.05) is 36.4 Å². The lowest BCUT2D eigenvalue weighted by atomic mass is 10.1. The molecule has 0 bridgehead atoms. The van der Waals surface area contributed by atoms with E-state index in [-0.39, 0.29) is 0 Å². The largest absolute Gasteiger partial charge is 0.285 e. The highest BCUT2D eigenvalue weighted by Gasteiger charge is 2.11. The third kappa shape index (κ3) is 2.29. The Morgan fingerprint density at radius 1 is 1.09 bits per heavy atom. The third-order valence-corrected chi connectivity index (χ3v) is 4.59. The lowest BCUT2D eigenvalue weighted by Gasteiger charge is -2.09. The Balaban J connectivity index is 1.81. The molecule has 4 rings (SSSR count). The minimum atomic E-state index is 0.696. The number of hydrogen-bond acceptors (Lipinski definition) is 4. The molecule has 4 aromatic rings. The number of hydrogen-bond donors (Lipinski definition) is 0. The standard InChI is InChI=1S/C17H14N4S/c1-12-10-22-17(19-12)9-16-20-18-11-21(16)15-8-4-6-13-5-2-3-7-14(13)15/h2-8,10-11H,9H2,1H3. The molecular weight excluding hydrogens is 292 g/mol. The molecule has 22 heavy (non-hydrogen) atoms. The van der Waals surface area contributed by atoms with Gasteiger partial charge in [0, 0.05) is 16.5 Å². The van der Waals surface area contributed by atoms with E-state index in [2.05, 4.69) is 67.6 Å². The maximum atomic E-state index is 4.52. The first-order valence-electron chi connectivity index (χ1n) is 7.09. The number of nitrogens with zero attached hydrogens (tertiary/aromatic N) is 4. The van der Waals surface area contributed by atoms with Crippen molar-refractivity contribution in [1.29, 1.82) is 0 Å². The fourth-order valence-electron chi connectivity index (χ4n) is 2.62. The number of fused-ring (bicyclic) bond motifs is 1. The normalized spacial score (nSPS) is 11.1. The minimum absolute atomic E-state index is 0.696. The van der Waals surface area contributed by atoms with Crippen molar-refractivity contribution < 1.29 is 0 Å². The zero-order valence-corrected chi connectivity index (χ0v) is 12.9. The van der Waals surface area contributed by atoms with Gasteiger partial charge in [-0.25, -0.2) is 4.98 Å². The van der Waals surface area contributed by atoms with E-state index in [0.29, 0.717) is 6.42 Å². The highest BCUT2D eigenvalue weighted by Crippen LogP contribution is 2.23. The van der Waals surface area contributed by atoms with Crippen LogP contribution < -0.4 is 0 Å². The molecule has 0 unspecified atom stereocenters. The van der Waals surface area contributed by atoms with Gasteiger partial charge in [0.25, 0.3) is 0 Å². The molecule has 0 fully saturated rings. The summed E-state index contributed by atoms with van der Waals surface area (Å²) in [4.78, 5) is 4.52. The molecule has 0 saturated heterocycles. The summed E-state index contributed by atoms with van der Waals surface area (Å²) in [6.07, 6.45) is 2.47. The van der Waals surface area contributed by atoms with Crippen LogP contribution in [0.25, 0.3) is 16.5 Å². The summed E-state index contributed by atoms with van der Waals surface area (Å²) < 4.78 is 2.05. The number of thiazole rings is 1. The van der Waals surface area contributed by atoms with E-state index in [1.54, 1.807) is 17.7 Å². The van der Waals surface area contributed by atoms with E-state index >= 15 is 0 Å². The molecule has 0 saturated carbocycles. The van der Waals surface area contributed by atoms with Crippen molar-refractivity contribution in [2.45, 2.75) is 13.3 Å². The molecule has 2 heterocycles. The van der Waals surface area contributed by atoms with Gasteiger partial charge in [0.15, 0.2) is 0 Å². The molecule has 0 radical (unpaired) electrons. The third-order valence-electron chi connectivity index (χ3n) is 3.62. The molecule has 4 nitrogen and oxygen atoms in total. The van der Waals surface area contributed by atoms with Crippen molar-refractivity contribution in [3.63, 3.8) is 0 Å². The maximum Gasteiger partial charge on any atom is 0.144 e. The van der Waals surface area contributed by atoms with Crippen LogP contribution in [0.3, 0.4) is 0 Å². The van der Waals surface area contributed by atoms with Crippen molar-refractivity contribution in [2.24, 2.45) is 0 Å². The fraction of sp³-hybridized carbons (Fsp3) is 0.118. The molecule has 0 aliphatic rings. The summed E-state index contributed by atoms with van der Waals surface area (Å²) in [5, 5.41) is 13.9. The Bertz CT molecular complexity index is 933. The van der Waals surface area contributed by atoms with Crippen molar-refractivity contribution >= 4 is 22.1 Å². The van der Waals surface area contributed by atoms with Crippen molar-refractivity contribution in [3.05, 3.63) is 70.7 Å². The van der Waals surface area contributed by atoms with Crippen molar-refractivity contribution in [2.75, 3.05) is 0 Å². The van der Waals surface area contributed by atoms with Crippen LogP contribution in [0.4, 0.5) is 0 Å². The molecule has 108 valence electrons.